The number of rotatable bonds is 5. The molecule has 0 saturated heterocycles. The smallest absolute Gasteiger partial charge is 0.309 e. The lowest BCUT2D eigenvalue weighted by Gasteiger charge is -2.42. The highest BCUT2D eigenvalue weighted by molar-refractivity contribution is 8.22. The second-order valence-electron chi connectivity index (χ2n) is 9.54. The van der Waals surface area contributed by atoms with E-state index in [9.17, 15) is 19.0 Å². The fraction of sp³-hybridized carbons (Fsp3) is 0.478. The molecular weight excluding hydrogens is 416 g/mol. The van der Waals surface area contributed by atoms with Crippen LogP contribution in [0.2, 0.25) is 0 Å². The van der Waals surface area contributed by atoms with Gasteiger partial charge in [-0.05, 0) is 75.3 Å². The SMILES string of the molecule is Cc1cnc2c(c1)S(O)(O)N(Cc1cc(CC(C)(C)C(=O)O)ccc1C)CC1(CC1)O2. The lowest BCUT2D eigenvalue weighted by atomic mass is 9.85. The summed E-state index contributed by atoms with van der Waals surface area (Å²) in [6.45, 7) is 7.99. The summed E-state index contributed by atoms with van der Waals surface area (Å²) in [5.74, 6) is -0.539. The Bertz CT molecular complexity index is 1030. The van der Waals surface area contributed by atoms with Gasteiger partial charge in [-0.25, -0.2) is 4.98 Å². The van der Waals surface area contributed by atoms with E-state index in [-0.39, 0.29) is 0 Å². The van der Waals surface area contributed by atoms with Crippen molar-refractivity contribution in [3.05, 3.63) is 52.7 Å². The highest BCUT2D eigenvalue weighted by Crippen LogP contribution is 2.61. The highest BCUT2D eigenvalue weighted by Gasteiger charge is 2.52. The van der Waals surface area contributed by atoms with E-state index in [4.69, 9.17) is 4.74 Å². The largest absolute Gasteiger partial charge is 0.481 e. The van der Waals surface area contributed by atoms with Crippen molar-refractivity contribution in [2.24, 2.45) is 5.41 Å². The van der Waals surface area contributed by atoms with Gasteiger partial charge in [0.25, 0.3) is 0 Å². The molecule has 1 aliphatic heterocycles. The number of fused-ring (bicyclic) bond motifs is 1. The molecule has 1 aliphatic carbocycles. The molecule has 2 aromatic rings. The molecule has 2 heterocycles. The maximum Gasteiger partial charge on any atom is 0.309 e. The van der Waals surface area contributed by atoms with E-state index >= 15 is 0 Å². The van der Waals surface area contributed by atoms with E-state index in [2.05, 4.69) is 4.98 Å². The zero-order valence-electron chi connectivity index (χ0n) is 18.4. The van der Waals surface area contributed by atoms with Gasteiger partial charge in [0, 0.05) is 12.7 Å². The zero-order valence-corrected chi connectivity index (χ0v) is 19.2. The Morgan fingerprint density at radius 3 is 2.61 bits per heavy atom. The molecule has 1 aromatic heterocycles. The van der Waals surface area contributed by atoms with Gasteiger partial charge < -0.3 is 9.84 Å². The first kappa shape index (κ1) is 22.1. The van der Waals surface area contributed by atoms with Crippen LogP contribution in [-0.2, 0) is 17.8 Å². The normalized spacial score (nSPS) is 20.5. The van der Waals surface area contributed by atoms with E-state index in [0.717, 1.165) is 35.1 Å². The number of carbonyl (C=O) groups is 1. The van der Waals surface area contributed by atoms with Gasteiger partial charge in [0.05, 0.1) is 12.0 Å². The molecule has 1 saturated carbocycles. The minimum Gasteiger partial charge on any atom is -0.481 e. The van der Waals surface area contributed by atoms with Gasteiger partial charge in [0.2, 0.25) is 5.88 Å². The molecule has 0 atom stereocenters. The van der Waals surface area contributed by atoms with Crippen molar-refractivity contribution in [3.63, 3.8) is 0 Å². The van der Waals surface area contributed by atoms with Crippen LogP contribution in [0.1, 0.15) is 48.9 Å². The van der Waals surface area contributed by atoms with Crippen molar-refractivity contribution in [3.8, 4) is 5.88 Å². The Hall–Kier alpha value is -2.13. The van der Waals surface area contributed by atoms with Gasteiger partial charge in [0.15, 0.2) is 0 Å². The summed E-state index contributed by atoms with van der Waals surface area (Å²) in [5, 5.41) is 9.48. The fourth-order valence-electron chi connectivity index (χ4n) is 3.92. The predicted molar refractivity (Wildman–Crippen MR) is 119 cm³/mol. The third kappa shape index (κ3) is 4.30. The van der Waals surface area contributed by atoms with Gasteiger partial charge in [0.1, 0.15) is 10.5 Å². The third-order valence-corrected chi connectivity index (χ3v) is 8.04. The Morgan fingerprint density at radius 2 is 1.97 bits per heavy atom. The van der Waals surface area contributed by atoms with Crippen LogP contribution in [0.3, 0.4) is 0 Å². The minimum absolute atomic E-state index is 0.305. The van der Waals surface area contributed by atoms with E-state index in [1.165, 1.54) is 0 Å². The van der Waals surface area contributed by atoms with Crippen molar-refractivity contribution in [2.75, 3.05) is 6.54 Å². The zero-order chi connectivity index (χ0) is 22.6. The van der Waals surface area contributed by atoms with Crippen LogP contribution in [0.25, 0.3) is 0 Å². The van der Waals surface area contributed by atoms with Crippen LogP contribution >= 0.6 is 10.8 Å². The second-order valence-corrected chi connectivity index (χ2v) is 11.5. The van der Waals surface area contributed by atoms with Gasteiger partial charge in [-0.15, -0.1) is 10.8 Å². The summed E-state index contributed by atoms with van der Waals surface area (Å²) in [5.41, 5.74) is 2.39. The van der Waals surface area contributed by atoms with Crippen LogP contribution in [-0.4, -0.2) is 41.6 Å². The van der Waals surface area contributed by atoms with Crippen molar-refractivity contribution in [2.45, 2.75) is 64.0 Å². The third-order valence-electron chi connectivity index (χ3n) is 6.18. The van der Waals surface area contributed by atoms with Crippen molar-refractivity contribution >= 4 is 16.7 Å². The minimum atomic E-state index is -3.30. The molecule has 3 N–H and O–H groups in total. The van der Waals surface area contributed by atoms with Crippen molar-refractivity contribution < 1.29 is 23.7 Å². The Morgan fingerprint density at radius 1 is 1.26 bits per heavy atom. The molecule has 7 nitrogen and oxygen atoms in total. The standard InChI is InChI=1S/C23H30N2O5S/c1-15-9-19-20(24-12-15)30-23(7-8-23)14-25(31(19,28)29)13-18-10-17(6-5-16(18)2)11-22(3,4)21(26)27/h5-6,9-10,12,28-29H,7-8,11,13-14H2,1-4H3,(H,26,27). The Kier molecular flexibility index (Phi) is 5.33. The number of aryl methyl sites for hydroxylation is 2. The molecular formula is C23H30N2O5S. The lowest BCUT2D eigenvalue weighted by molar-refractivity contribution is -0.146. The maximum atomic E-state index is 11.5. The Balaban J connectivity index is 1.68. The second kappa shape index (κ2) is 7.48. The van der Waals surface area contributed by atoms with E-state index < -0.39 is 27.8 Å². The van der Waals surface area contributed by atoms with Crippen LogP contribution in [0.5, 0.6) is 5.88 Å². The van der Waals surface area contributed by atoms with E-state index in [1.807, 2.05) is 32.0 Å². The highest BCUT2D eigenvalue weighted by atomic mass is 32.3. The number of benzene rings is 1. The molecule has 8 heteroatoms. The summed E-state index contributed by atoms with van der Waals surface area (Å²) in [4.78, 5) is 16.2. The summed E-state index contributed by atoms with van der Waals surface area (Å²) in [6, 6.07) is 7.63. The average Bonchev–Trinajstić information content (AvgIpc) is 3.44. The average molecular weight is 447 g/mol. The molecule has 0 amide bonds. The number of nitrogens with zero attached hydrogens (tertiary/aromatic N) is 2. The number of aliphatic carboxylic acids is 1. The van der Waals surface area contributed by atoms with E-state index in [0.29, 0.717) is 30.3 Å². The first-order valence-corrected chi connectivity index (χ1v) is 11.9. The molecule has 1 aromatic carbocycles. The van der Waals surface area contributed by atoms with E-state index in [1.54, 1.807) is 30.4 Å². The van der Waals surface area contributed by atoms with Gasteiger partial charge in [-0.2, -0.15) is 4.31 Å². The molecule has 0 radical (unpaired) electrons. The number of ether oxygens (including phenoxy) is 1. The number of hydrogen-bond acceptors (Lipinski definition) is 6. The van der Waals surface area contributed by atoms with Gasteiger partial charge in [-0.3, -0.25) is 13.9 Å². The topological polar surface area (TPSA) is 103 Å². The monoisotopic (exact) mass is 446 g/mol. The molecule has 1 fully saturated rings. The number of carboxylic acids is 1. The summed E-state index contributed by atoms with van der Waals surface area (Å²) < 4.78 is 30.5. The van der Waals surface area contributed by atoms with Crippen molar-refractivity contribution in [1.29, 1.82) is 0 Å². The molecule has 31 heavy (non-hydrogen) atoms. The summed E-state index contributed by atoms with van der Waals surface area (Å²) in [6.07, 6.45) is 3.77. The quantitative estimate of drug-likeness (QED) is 0.606. The van der Waals surface area contributed by atoms with Crippen molar-refractivity contribution in [1.82, 2.24) is 9.29 Å². The van der Waals surface area contributed by atoms with Gasteiger partial charge in [-0.1, -0.05) is 18.2 Å². The maximum absolute atomic E-state index is 11.5. The number of hydrogen-bond donors (Lipinski definition) is 3. The first-order valence-electron chi connectivity index (χ1n) is 10.4. The predicted octanol–water partition coefficient (Wildman–Crippen LogP) is 4.80. The van der Waals surface area contributed by atoms with Crippen LogP contribution in [0, 0.1) is 19.3 Å². The lowest BCUT2D eigenvalue weighted by Crippen LogP contribution is -2.36. The molecule has 2 aliphatic rings. The summed E-state index contributed by atoms with van der Waals surface area (Å²) >= 11 is 0. The molecule has 168 valence electrons. The molecule has 0 unspecified atom stereocenters. The van der Waals surface area contributed by atoms with Gasteiger partial charge >= 0.3 is 5.97 Å². The molecule has 0 bridgehead atoms. The number of pyridine rings is 1. The van der Waals surface area contributed by atoms with Crippen LogP contribution < -0.4 is 4.74 Å². The number of aromatic nitrogens is 1. The molecule has 1 spiro atoms. The fourth-order valence-corrected chi connectivity index (χ4v) is 5.60. The first-order chi connectivity index (χ1) is 14.4. The van der Waals surface area contributed by atoms with Crippen LogP contribution in [0.15, 0.2) is 35.4 Å². The summed E-state index contributed by atoms with van der Waals surface area (Å²) in [7, 11) is -3.30. The number of carboxylic acid groups (broad SMARTS) is 1. The molecule has 4 rings (SSSR count). The van der Waals surface area contributed by atoms with Crippen LogP contribution in [0.4, 0.5) is 0 Å². The Labute approximate surface area is 184 Å².